The van der Waals surface area contributed by atoms with Crippen molar-refractivity contribution < 1.29 is 9.59 Å². The minimum atomic E-state index is -0.0779. The molecule has 5 aliphatic rings. The normalized spacial score (nSPS) is 15.2. The number of fused-ring (bicyclic) bond motifs is 5. The summed E-state index contributed by atoms with van der Waals surface area (Å²) >= 11 is 12.1. The van der Waals surface area contributed by atoms with Gasteiger partial charge in [-0.2, -0.15) is 0 Å². The molecule has 0 bridgehead atoms. The molecule has 0 atom stereocenters. The highest BCUT2D eigenvalue weighted by molar-refractivity contribution is 6.31. The van der Waals surface area contributed by atoms with Crippen LogP contribution >= 0.6 is 23.2 Å². The summed E-state index contributed by atoms with van der Waals surface area (Å²) in [6, 6.07) is 34.0. The van der Waals surface area contributed by atoms with Gasteiger partial charge in [0.1, 0.15) is 27.6 Å². The zero-order valence-electron chi connectivity index (χ0n) is 69.4. The van der Waals surface area contributed by atoms with E-state index in [0.717, 1.165) is 158 Å². The number of benzene rings is 2. The standard InChI is InChI=1S/C20H22N4O.C19H19ClN4O.C18H26N4.C17H23ClN4.C17H24N4/c1-13-6-9-15(10-7-13)12-18(25)23-20-22-17-11-8-14(2)21-19(17)24(20)16-4-3-5-16;1-12-5-7-13(8-6-12)9-17(25)23-19-22-16-10-14(20)11-21-18(16)24(19)15-3-2-4-15;1-12-9-10-15-16(19-12)22(14-7-6-8-14)17(21-15)20-13(2)11-18(3,4)5;1-11(9-17(2,3)4)20-16-21-14-8-12(18)10-19-15(14)22(16)13-6-5-7-13;1-11(2)10-13(4)19-17-20-15-9-8-12(3)18-16(15)21(17)14-6-5-7-14/h6-11,16H,3-5,12H2,1-2H3,(H,22,23,25);5-8,10-11,15H,2-4,9H2,1H3,(H,22,23,25);9-10,14H,2,6-8,11H2,1,3-5H3,(H,20,21);8,10,13H,1,5-7,9H2,2-4H3,(H,20,21);8-9,11,14H,4-7,10H2,1-3H3,(H,19,20). The number of aromatic nitrogens is 15. The van der Waals surface area contributed by atoms with E-state index in [4.69, 9.17) is 48.1 Å². The molecule has 5 saturated carbocycles. The van der Waals surface area contributed by atoms with E-state index in [9.17, 15) is 9.59 Å². The molecule has 0 saturated heterocycles. The molecule has 2 amide bonds. The lowest BCUT2D eigenvalue weighted by Crippen LogP contribution is -2.23. The van der Waals surface area contributed by atoms with Gasteiger partial charge < -0.3 is 16.0 Å². The Labute approximate surface area is 686 Å². The Hall–Kier alpha value is -10.3. The first-order chi connectivity index (χ1) is 54.9. The molecule has 0 radical (unpaired) electrons. The fourth-order valence-corrected chi connectivity index (χ4v) is 15.3. The van der Waals surface area contributed by atoms with Gasteiger partial charge in [-0.15, -0.1) is 0 Å². The van der Waals surface area contributed by atoms with Crippen LogP contribution in [-0.2, 0) is 22.4 Å². The fraction of sp³-hybridized carbons (Fsp3) is 0.451. The second-order valence-corrected chi connectivity index (χ2v) is 35.9. The van der Waals surface area contributed by atoms with Gasteiger partial charge in [-0.05, 0) is 227 Å². The molecule has 0 aliphatic heterocycles. The van der Waals surface area contributed by atoms with Crippen LogP contribution in [0, 0.1) is 51.4 Å². The topological polar surface area (TPSA) is 248 Å². The molecule has 12 aromatic rings. The van der Waals surface area contributed by atoms with Crippen LogP contribution in [0.25, 0.3) is 55.8 Å². The van der Waals surface area contributed by atoms with Gasteiger partial charge in [0.15, 0.2) is 28.2 Å². The summed E-state index contributed by atoms with van der Waals surface area (Å²) in [6.45, 7) is 40.3. The number of rotatable bonds is 21. The Morgan fingerprint density at radius 3 is 0.948 bits per heavy atom. The lowest BCUT2D eigenvalue weighted by molar-refractivity contribution is -0.116. The maximum atomic E-state index is 12.5. The first kappa shape index (κ1) is 82.7. The number of nitrogens with one attached hydrogen (secondary N) is 5. The Bertz CT molecular complexity index is 5410. The Morgan fingerprint density at radius 2 is 0.670 bits per heavy atom. The molecule has 0 unspecified atom stereocenters. The molecule has 10 aromatic heterocycles. The van der Waals surface area contributed by atoms with E-state index in [1.54, 1.807) is 18.5 Å². The van der Waals surface area contributed by atoms with Crippen molar-refractivity contribution in [2.24, 2.45) is 16.7 Å². The number of amides is 2. The SMILES string of the molecule is C=C(CC(C)(C)C)Nc1nc2cc(Cl)cnc2n1C1CCC1.C=C(CC(C)(C)C)Nc1nc2ccc(C)nc2n1C1CCC1.C=C(CC(C)C)Nc1nc2ccc(C)nc2n1C1CCC1.Cc1ccc(CC(=O)Nc2nc3cc(Cl)cnc3n2C2CCC2)cc1.Cc1ccc(CC(=O)Nc2nc3ccc(C)nc3n2C2CCC2)cc1. The number of carbonyl (C=O) groups is 2. The molecular formula is C91H114Cl2N20O2. The number of allylic oxidation sites excluding steroid dienone is 3. The van der Waals surface area contributed by atoms with E-state index < -0.39 is 0 Å². The van der Waals surface area contributed by atoms with Crippen molar-refractivity contribution in [1.82, 2.24) is 72.7 Å². The summed E-state index contributed by atoms with van der Waals surface area (Å²) in [4.78, 5) is 71.3. The quantitative estimate of drug-likeness (QED) is 0.0449. The minimum Gasteiger partial charge on any atom is -0.330 e. The molecule has 604 valence electrons. The third-order valence-electron chi connectivity index (χ3n) is 21.7. The van der Waals surface area contributed by atoms with E-state index in [0.29, 0.717) is 76.4 Å². The number of anilines is 5. The third-order valence-corrected chi connectivity index (χ3v) is 22.1. The number of carbonyl (C=O) groups excluding carboxylic acids is 2. The molecule has 17 rings (SSSR count). The lowest BCUT2D eigenvalue weighted by Gasteiger charge is -2.29. The minimum absolute atomic E-state index is 0.0449. The van der Waals surface area contributed by atoms with Gasteiger partial charge in [-0.25, -0.2) is 49.8 Å². The van der Waals surface area contributed by atoms with Crippen LogP contribution in [0.3, 0.4) is 0 Å². The summed E-state index contributed by atoms with van der Waals surface area (Å²) in [6.07, 6.45) is 24.6. The number of imidazole rings is 5. The maximum Gasteiger partial charge on any atom is 0.231 e. The predicted molar refractivity (Wildman–Crippen MR) is 469 cm³/mol. The van der Waals surface area contributed by atoms with Gasteiger partial charge >= 0.3 is 0 Å². The number of halogens is 2. The molecule has 2 aromatic carbocycles. The summed E-state index contributed by atoms with van der Waals surface area (Å²) in [5.41, 5.74) is 19.7. The first-order valence-electron chi connectivity index (χ1n) is 41.1. The van der Waals surface area contributed by atoms with Crippen molar-refractivity contribution in [2.75, 3.05) is 26.6 Å². The van der Waals surface area contributed by atoms with Crippen molar-refractivity contribution in [3.63, 3.8) is 0 Å². The molecule has 0 spiro atoms. The van der Waals surface area contributed by atoms with Crippen LogP contribution in [0.4, 0.5) is 29.7 Å². The van der Waals surface area contributed by atoms with Crippen LogP contribution < -0.4 is 26.6 Å². The number of pyridine rings is 5. The highest BCUT2D eigenvalue weighted by Crippen LogP contribution is 2.43. The van der Waals surface area contributed by atoms with Crippen LogP contribution in [0.15, 0.2) is 146 Å². The second-order valence-electron chi connectivity index (χ2n) is 35.0. The van der Waals surface area contributed by atoms with Gasteiger partial charge in [0.2, 0.25) is 41.6 Å². The molecular weight excluding hydrogens is 1480 g/mol. The fourth-order valence-electron chi connectivity index (χ4n) is 15.0. The summed E-state index contributed by atoms with van der Waals surface area (Å²) in [5.74, 6) is 4.28. The number of aryl methyl sites for hydroxylation is 5. The van der Waals surface area contributed by atoms with Crippen LogP contribution in [-0.4, -0.2) is 84.5 Å². The van der Waals surface area contributed by atoms with Gasteiger partial charge in [-0.1, -0.05) is 158 Å². The predicted octanol–water partition coefficient (Wildman–Crippen LogP) is 22.7. The van der Waals surface area contributed by atoms with E-state index in [2.05, 4.69) is 157 Å². The molecule has 10 heterocycles. The lowest BCUT2D eigenvalue weighted by atomic mass is 9.91. The molecule has 5 N–H and O–H groups in total. The summed E-state index contributed by atoms with van der Waals surface area (Å²) in [7, 11) is 0. The Balaban J connectivity index is 0.000000125. The van der Waals surface area contributed by atoms with Crippen molar-refractivity contribution in [2.45, 2.75) is 249 Å². The number of hydrogen-bond acceptors (Lipinski definition) is 15. The number of hydrogen-bond donors (Lipinski definition) is 5. The molecule has 22 nitrogen and oxygen atoms in total. The highest BCUT2D eigenvalue weighted by atomic mass is 35.5. The van der Waals surface area contributed by atoms with Crippen LogP contribution in [0.2, 0.25) is 10.0 Å². The van der Waals surface area contributed by atoms with E-state index in [1.165, 1.54) is 81.8 Å². The maximum absolute atomic E-state index is 12.5. The van der Waals surface area contributed by atoms with Crippen molar-refractivity contribution in [1.29, 1.82) is 0 Å². The molecule has 24 heteroatoms. The smallest absolute Gasteiger partial charge is 0.231 e. The Kier molecular flexibility index (Phi) is 25.7. The zero-order valence-corrected chi connectivity index (χ0v) is 70.9. The van der Waals surface area contributed by atoms with Gasteiger partial charge in [0, 0.05) is 76.8 Å². The largest absolute Gasteiger partial charge is 0.330 e. The van der Waals surface area contributed by atoms with E-state index >= 15 is 0 Å². The first-order valence-corrected chi connectivity index (χ1v) is 41.9. The molecule has 5 aliphatic carbocycles. The average Bonchev–Trinajstić information content (AvgIpc) is 1.66. The monoisotopic (exact) mass is 1590 g/mol. The molecule has 5 fully saturated rings. The van der Waals surface area contributed by atoms with E-state index in [-0.39, 0.29) is 22.6 Å². The number of nitrogens with zero attached hydrogens (tertiary/aromatic N) is 15. The Morgan fingerprint density at radius 1 is 0.391 bits per heavy atom. The van der Waals surface area contributed by atoms with E-state index in [1.807, 2.05) is 118 Å². The van der Waals surface area contributed by atoms with Crippen LogP contribution in [0.1, 0.15) is 241 Å². The summed E-state index contributed by atoms with van der Waals surface area (Å²) < 4.78 is 10.9. The zero-order chi connectivity index (χ0) is 81.6. The van der Waals surface area contributed by atoms with Crippen molar-refractivity contribution >= 4 is 121 Å². The van der Waals surface area contributed by atoms with Crippen molar-refractivity contribution in [3.05, 3.63) is 196 Å². The van der Waals surface area contributed by atoms with Crippen LogP contribution in [0.5, 0.6) is 0 Å². The molecule has 115 heavy (non-hydrogen) atoms. The second kappa shape index (κ2) is 35.8. The van der Waals surface area contributed by atoms with Gasteiger partial charge in [0.25, 0.3) is 0 Å². The van der Waals surface area contributed by atoms with Gasteiger partial charge in [-0.3, -0.25) is 43.1 Å². The summed E-state index contributed by atoms with van der Waals surface area (Å²) in [5, 5.41) is 17.4. The average molecular weight is 1590 g/mol. The van der Waals surface area contributed by atoms with Crippen molar-refractivity contribution in [3.8, 4) is 0 Å². The van der Waals surface area contributed by atoms with Gasteiger partial charge in [0.05, 0.1) is 22.9 Å². The third kappa shape index (κ3) is 20.9. The highest BCUT2D eigenvalue weighted by Gasteiger charge is 2.32.